The van der Waals surface area contributed by atoms with Crippen LogP contribution >= 0.6 is 0 Å². The van der Waals surface area contributed by atoms with E-state index in [1.54, 1.807) is 0 Å². The van der Waals surface area contributed by atoms with Crippen molar-refractivity contribution in [2.75, 3.05) is 0 Å². The molecule has 0 rings (SSSR count). The van der Waals surface area contributed by atoms with Crippen LogP contribution in [0.1, 0.15) is 168 Å². The summed E-state index contributed by atoms with van der Waals surface area (Å²) in [5, 5.41) is 26.6. The van der Waals surface area contributed by atoms with Crippen molar-refractivity contribution >= 4 is 58.6 Å². The van der Waals surface area contributed by atoms with Crippen molar-refractivity contribution in [1.29, 1.82) is 0 Å². The van der Waals surface area contributed by atoms with E-state index >= 15 is 0 Å². The van der Waals surface area contributed by atoms with Gasteiger partial charge in [-0.1, -0.05) is 117 Å². The van der Waals surface area contributed by atoms with Crippen LogP contribution in [0.5, 0.6) is 0 Å². The Labute approximate surface area is 298 Å². The number of carboxylic acids is 2. The van der Waals surface area contributed by atoms with E-state index < -0.39 is 35.8 Å². The summed E-state index contributed by atoms with van der Waals surface area (Å²) in [6.07, 6.45) is 21.1. The summed E-state index contributed by atoms with van der Waals surface area (Å²) in [4.78, 5) is 66.5. The Kier molecular flexibility index (Phi) is 36.4. The third kappa shape index (κ3) is 36.3. The molecule has 0 saturated heterocycles. The Hall–Kier alpha value is -2.41. The number of primary amides is 2. The number of unbranched alkanes of at least 4 members (excludes halogenated alkanes) is 16. The van der Waals surface area contributed by atoms with E-state index in [0.29, 0.717) is 12.8 Å². The minimum Gasteiger partial charge on any atom is -0.548 e. The van der Waals surface area contributed by atoms with Gasteiger partial charge in [0.25, 0.3) is 0 Å². The van der Waals surface area contributed by atoms with Gasteiger partial charge in [-0.2, -0.15) is 0 Å². The van der Waals surface area contributed by atoms with Crippen molar-refractivity contribution in [3.8, 4) is 0 Å². The first kappa shape index (κ1) is 49.0. The van der Waals surface area contributed by atoms with E-state index in [9.17, 15) is 39.0 Å². The van der Waals surface area contributed by atoms with E-state index in [4.69, 9.17) is 11.5 Å². The molecule has 12 nitrogen and oxygen atoms in total. The molecule has 0 aromatic heterocycles. The van der Waals surface area contributed by atoms with E-state index in [1.165, 1.54) is 77.0 Å². The number of hydrogen-bond donors (Lipinski definition) is 4. The Balaban J connectivity index is -0.000000807. The molecule has 0 heterocycles. The molecule has 0 aliphatic rings. The van der Waals surface area contributed by atoms with Crippen molar-refractivity contribution in [2.24, 2.45) is 11.5 Å². The van der Waals surface area contributed by atoms with Crippen molar-refractivity contribution in [3.63, 3.8) is 0 Å². The summed E-state index contributed by atoms with van der Waals surface area (Å²) >= 11 is 0. The monoisotopic (exact) mass is 678 g/mol. The van der Waals surface area contributed by atoms with Crippen LogP contribution in [0.4, 0.5) is 0 Å². The maximum absolute atomic E-state index is 11.7. The number of nitrogens with two attached hydrogens (primary N) is 2. The van der Waals surface area contributed by atoms with Gasteiger partial charge in [0.1, 0.15) is 0 Å². The van der Waals surface area contributed by atoms with Crippen LogP contribution in [-0.4, -0.2) is 70.7 Å². The quantitative estimate of drug-likeness (QED) is 0.0650. The molecule has 6 N–H and O–H groups in total. The zero-order chi connectivity index (χ0) is 35.0. The van der Waals surface area contributed by atoms with E-state index in [0.717, 1.165) is 38.5 Å². The van der Waals surface area contributed by atoms with E-state index in [1.807, 2.05) is 0 Å². The first-order valence-corrected chi connectivity index (χ1v) is 17.5. The average molecular weight is 679 g/mol. The summed E-state index contributed by atoms with van der Waals surface area (Å²) in [5.74, 6) is -4.58. The SMILES string of the molecule is CCCCCCCCCCCC(=O)N[C@@H](CCC(N)=O)C(=O)[O-].CCCCCCCCCCCC(=O)N[C@@H](CCC(N)=O)C(=O)[O-].[Mg+2]. The number of amides is 4. The summed E-state index contributed by atoms with van der Waals surface area (Å²) in [7, 11) is 0. The summed E-state index contributed by atoms with van der Waals surface area (Å²) in [6, 6.07) is -2.29. The minimum absolute atomic E-state index is 0. The molecule has 0 spiro atoms. The predicted molar refractivity (Wildman–Crippen MR) is 180 cm³/mol. The van der Waals surface area contributed by atoms with Gasteiger partial charge in [-0.15, -0.1) is 0 Å². The van der Waals surface area contributed by atoms with Crippen LogP contribution in [0.25, 0.3) is 0 Å². The number of carbonyl (C=O) groups is 6. The molecule has 0 aromatic carbocycles. The zero-order valence-electron chi connectivity index (χ0n) is 29.3. The van der Waals surface area contributed by atoms with E-state index in [2.05, 4.69) is 24.5 Å². The van der Waals surface area contributed by atoms with Gasteiger partial charge in [0, 0.05) is 25.7 Å². The molecular weight excluding hydrogens is 617 g/mol. The molecular formula is C34H62MgN4O8. The molecule has 0 unspecified atom stereocenters. The van der Waals surface area contributed by atoms with Crippen LogP contribution in [0, 0.1) is 0 Å². The minimum atomic E-state index is -1.38. The van der Waals surface area contributed by atoms with E-state index in [-0.39, 0.29) is 60.6 Å². The summed E-state index contributed by atoms with van der Waals surface area (Å²) in [6.45, 7) is 4.40. The Morgan fingerprint density at radius 3 is 0.957 bits per heavy atom. The molecule has 4 amide bonds. The molecule has 0 bridgehead atoms. The van der Waals surface area contributed by atoms with Gasteiger partial charge in [-0.05, 0) is 25.7 Å². The smallest absolute Gasteiger partial charge is 0.548 e. The average Bonchev–Trinajstić information content (AvgIpc) is 2.99. The number of nitrogens with one attached hydrogen (secondary N) is 2. The zero-order valence-corrected chi connectivity index (χ0v) is 30.7. The molecule has 0 aliphatic heterocycles. The van der Waals surface area contributed by atoms with Gasteiger partial charge >= 0.3 is 23.1 Å². The van der Waals surface area contributed by atoms with Crippen LogP contribution in [0.2, 0.25) is 0 Å². The second-order valence-electron chi connectivity index (χ2n) is 12.0. The number of rotatable bonds is 30. The molecule has 0 aromatic rings. The summed E-state index contributed by atoms with van der Waals surface area (Å²) in [5.41, 5.74) is 9.94. The number of carbonyl (C=O) groups excluding carboxylic acids is 6. The standard InChI is InChI=1S/2C17H32N2O4.Mg/c2*1-2-3-4-5-6-7-8-9-10-11-16(21)19-14(17(22)23)12-13-15(18)20;/h2*14H,2-13H2,1H3,(H2,18,20)(H,19,21)(H,22,23);/q;;+2/p-2/t2*14-;/m00./s1. The number of carboxylic acid groups (broad SMARTS) is 2. The number of hydrogen-bond acceptors (Lipinski definition) is 8. The molecule has 268 valence electrons. The fraction of sp³-hybridized carbons (Fsp3) is 0.824. The van der Waals surface area contributed by atoms with Gasteiger partial charge in [0.2, 0.25) is 23.6 Å². The first-order valence-electron chi connectivity index (χ1n) is 17.5. The van der Waals surface area contributed by atoms with Crippen LogP contribution in [0.15, 0.2) is 0 Å². The molecule has 0 aliphatic carbocycles. The van der Waals surface area contributed by atoms with Crippen LogP contribution < -0.4 is 32.3 Å². The van der Waals surface area contributed by atoms with Gasteiger partial charge in [0.05, 0.1) is 24.0 Å². The van der Waals surface area contributed by atoms with Gasteiger partial charge in [-0.25, -0.2) is 0 Å². The second kappa shape index (κ2) is 34.9. The Bertz CT molecular complexity index is 792. The molecule has 13 heteroatoms. The normalized spacial score (nSPS) is 11.6. The van der Waals surface area contributed by atoms with Crippen molar-refractivity contribution in [1.82, 2.24) is 10.6 Å². The first-order chi connectivity index (χ1) is 21.9. The van der Waals surface area contributed by atoms with Crippen LogP contribution in [-0.2, 0) is 28.8 Å². The molecule has 0 saturated carbocycles. The largest absolute Gasteiger partial charge is 2.00 e. The fourth-order valence-corrected chi connectivity index (χ4v) is 4.80. The molecule has 0 radical (unpaired) electrons. The third-order valence-electron chi connectivity index (χ3n) is 7.61. The van der Waals surface area contributed by atoms with Gasteiger partial charge in [-0.3, -0.25) is 19.2 Å². The van der Waals surface area contributed by atoms with Crippen molar-refractivity contribution < 1.29 is 39.0 Å². The predicted octanol–water partition coefficient (Wildman–Crippen LogP) is 2.43. The Morgan fingerprint density at radius 2 is 0.723 bits per heavy atom. The summed E-state index contributed by atoms with van der Waals surface area (Å²) < 4.78 is 0. The molecule has 2 atom stereocenters. The van der Waals surface area contributed by atoms with Crippen molar-refractivity contribution in [3.05, 3.63) is 0 Å². The maximum Gasteiger partial charge on any atom is 2.00 e. The second-order valence-corrected chi connectivity index (χ2v) is 12.0. The van der Waals surface area contributed by atoms with Crippen molar-refractivity contribution in [2.45, 2.75) is 180 Å². The Morgan fingerprint density at radius 1 is 0.468 bits per heavy atom. The van der Waals surface area contributed by atoms with Crippen LogP contribution in [0.3, 0.4) is 0 Å². The molecule has 47 heavy (non-hydrogen) atoms. The molecule has 0 fully saturated rings. The third-order valence-corrected chi connectivity index (χ3v) is 7.61. The fourth-order valence-electron chi connectivity index (χ4n) is 4.80. The van der Waals surface area contributed by atoms with Gasteiger partial charge < -0.3 is 41.9 Å². The topological polar surface area (TPSA) is 225 Å². The number of aliphatic carboxylic acids is 2. The van der Waals surface area contributed by atoms with Gasteiger partial charge in [0.15, 0.2) is 0 Å². The maximum atomic E-state index is 11.7.